The molecular formula is C27H25FN4O3. The van der Waals surface area contributed by atoms with Crippen LogP contribution >= 0.6 is 0 Å². The molecule has 3 aromatic carbocycles. The monoisotopic (exact) mass is 472 g/mol. The zero-order chi connectivity index (χ0) is 24.6. The van der Waals surface area contributed by atoms with Gasteiger partial charge in [-0.2, -0.15) is 0 Å². The molecule has 0 fully saturated rings. The summed E-state index contributed by atoms with van der Waals surface area (Å²) >= 11 is 0. The number of hydrogen-bond donors (Lipinski definition) is 1. The number of carbonyl (C=O) groups is 2. The third-order valence-corrected chi connectivity index (χ3v) is 5.34. The van der Waals surface area contributed by atoms with E-state index in [2.05, 4.69) is 10.3 Å². The lowest BCUT2D eigenvalue weighted by Crippen LogP contribution is -2.40. The van der Waals surface area contributed by atoms with Gasteiger partial charge in [-0.15, -0.1) is 0 Å². The van der Waals surface area contributed by atoms with Crippen LogP contribution in [0.2, 0.25) is 0 Å². The van der Waals surface area contributed by atoms with Crippen molar-refractivity contribution in [3.8, 4) is 16.9 Å². The Morgan fingerprint density at radius 2 is 1.63 bits per heavy atom. The van der Waals surface area contributed by atoms with Crippen LogP contribution in [0.25, 0.3) is 16.9 Å². The molecule has 178 valence electrons. The minimum absolute atomic E-state index is 0.186. The van der Waals surface area contributed by atoms with Gasteiger partial charge in [-0.25, -0.2) is 9.37 Å². The van der Waals surface area contributed by atoms with Crippen LogP contribution in [0.3, 0.4) is 0 Å². The minimum atomic E-state index is -0.418. The average molecular weight is 473 g/mol. The molecule has 0 bridgehead atoms. The molecule has 0 atom stereocenters. The third-order valence-electron chi connectivity index (χ3n) is 5.34. The minimum Gasteiger partial charge on any atom is -0.383 e. The van der Waals surface area contributed by atoms with Crippen molar-refractivity contribution in [3.05, 3.63) is 103 Å². The summed E-state index contributed by atoms with van der Waals surface area (Å²) in [6.45, 7) is 0.349. The van der Waals surface area contributed by atoms with E-state index in [0.29, 0.717) is 16.9 Å². The van der Waals surface area contributed by atoms with Crippen molar-refractivity contribution in [2.45, 2.75) is 0 Å². The first-order valence-electron chi connectivity index (χ1n) is 11.1. The van der Waals surface area contributed by atoms with Crippen LogP contribution < -0.4 is 5.32 Å². The molecule has 4 aromatic rings. The lowest BCUT2D eigenvalue weighted by atomic mass is 10.2. The molecule has 0 radical (unpaired) electrons. The van der Waals surface area contributed by atoms with Gasteiger partial charge >= 0.3 is 0 Å². The van der Waals surface area contributed by atoms with E-state index in [-0.39, 0.29) is 37.4 Å². The Morgan fingerprint density at radius 3 is 2.29 bits per heavy atom. The van der Waals surface area contributed by atoms with Crippen LogP contribution in [0.4, 0.5) is 10.3 Å². The maximum atomic E-state index is 13.5. The second-order valence-electron chi connectivity index (χ2n) is 7.80. The number of carbonyl (C=O) groups excluding carboxylic acids is 2. The van der Waals surface area contributed by atoms with Crippen molar-refractivity contribution in [1.29, 1.82) is 0 Å². The molecule has 0 aliphatic rings. The van der Waals surface area contributed by atoms with Crippen LogP contribution in [-0.2, 0) is 9.53 Å². The summed E-state index contributed by atoms with van der Waals surface area (Å²) in [5.74, 6) is -0.793. The van der Waals surface area contributed by atoms with Gasteiger partial charge in [0.05, 0.1) is 12.3 Å². The molecule has 4 rings (SSSR count). The normalized spacial score (nSPS) is 10.7. The van der Waals surface area contributed by atoms with E-state index < -0.39 is 5.91 Å². The molecule has 0 saturated carbocycles. The largest absolute Gasteiger partial charge is 0.383 e. The van der Waals surface area contributed by atoms with E-state index in [4.69, 9.17) is 4.74 Å². The maximum Gasteiger partial charge on any atom is 0.254 e. The number of nitrogens with zero attached hydrogens (tertiary/aromatic N) is 3. The number of benzene rings is 3. The third kappa shape index (κ3) is 5.99. The van der Waals surface area contributed by atoms with Gasteiger partial charge < -0.3 is 9.64 Å². The zero-order valence-corrected chi connectivity index (χ0v) is 19.2. The predicted molar refractivity (Wildman–Crippen MR) is 132 cm³/mol. The SMILES string of the molecule is COCCN(CC(=O)Nc1nc(-c2ccccc2)cn1-c1ccc(F)cc1)C(=O)c1ccccc1. The van der Waals surface area contributed by atoms with E-state index in [1.807, 2.05) is 36.4 Å². The van der Waals surface area contributed by atoms with Gasteiger partial charge in [0.25, 0.3) is 5.91 Å². The molecule has 0 unspecified atom stereocenters. The van der Waals surface area contributed by atoms with Gasteiger partial charge in [-0.3, -0.25) is 19.5 Å². The summed E-state index contributed by atoms with van der Waals surface area (Å²) in [7, 11) is 1.54. The summed E-state index contributed by atoms with van der Waals surface area (Å²) in [6, 6.07) is 24.2. The number of rotatable bonds is 9. The van der Waals surface area contributed by atoms with Gasteiger partial charge in [0.1, 0.15) is 12.4 Å². The van der Waals surface area contributed by atoms with Gasteiger partial charge in [0, 0.05) is 36.7 Å². The molecular weight excluding hydrogens is 447 g/mol. The van der Waals surface area contributed by atoms with Crippen molar-refractivity contribution >= 4 is 17.8 Å². The second kappa shape index (κ2) is 11.2. The fraction of sp³-hybridized carbons (Fsp3) is 0.148. The number of aromatic nitrogens is 2. The average Bonchev–Trinajstić information content (AvgIpc) is 3.31. The van der Waals surface area contributed by atoms with Gasteiger partial charge in [-0.1, -0.05) is 48.5 Å². The van der Waals surface area contributed by atoms with Crippen molar-refractivity contribution in [2.24, 2.45) is 0 Å². The first-order chi connectivity index (χ1) is 17.0. The Labute approximate surface area is 202 Å². The molecule has 8 heteroatoms. The van der Waals surface area contributed by atoms with Crippen LogP contribution in [-0.4, -0.2) is 53.1 Å². The van der Waals surface area contributed by atoms with Crippen LogP contribution in [0.15, 0.2) is 91.1 Å². The quantitative estimate of drug-likeness (QED) is 0.392. The van der Waals surface area contributed by atoms with Crippen LogP contribution in [0, 0.1) is 5.82 Å². The predicted octanol–water partition coefficient (Wildman–Crippen LogP) is 4.41. The number of imidazole rings is 1. The zero-order valence-electron chi connectivity index (χ0n) is 19.2. The summed E-state index contributed by atoms with van der Waals surface area (Å²) < 4.78 is 20.3. The van der Waals surface area contributed by atoms with Crippen LogP contribution in [0.1, 0.15) is 10.4 Å². The fourth-order valence-electron chi connectivity index (χ4n) is 3.57. The van der Waals surface area contributed by atoms with E-state index in [1.54, 1.807) is 47.2 Å². The van der Waals surface area contributed by atoms with Crippen molar-refractivity contribution in [2.75, 3.05) is 32.1 Å². The number of amides is 2. The Kier molecular flexibility index (Phi) is 7.64. The fourth-order valence-corrected chi connectivity index (χ4v) is 3.57. The number of hydrogen-bond acceptors (Lipinski definition) is 4. The molecule has 1 aromatic heterocycles. The second-order valence-corrected chi connectivity index (χ2v) is 7.80. The van der Waals surface area contributed by atoms with E-state index in [9.17, 15) is 14.0 Å². The highest BCUT2D eigenvalue weighted by Crippen LogP contribution is 2.24. The first-order valence-corrected chi connectivity index (χ1v) is 11.1. The summed E-state index contributed by atoms with van der Waals surface area (Å²) in [6.07, 6.45) is 1.77. The highest BCUT2D eigenvalue weighted by atomic mass is 19.1. The number of anilines is 1. The molecule has 0 aliphatic heterocycles. The number of nitrogens with one attached hydrogen (secondary N) is 1. The lowest BCUT2D eigenvalue weighted by molar-refractivity contribution is -0.117. The van der Waals surface area contributed by atoms with Crippen molar-refractivity contribution in [1.82, 2.24) is 14.5 Å². The molecule has 0 saturated heterocycles. The Hall–Kier alpha value is -4.30. The smallest absolute Gasteiger partial charge is 0.254 e. The lowest BCUT2D eigenvalue weighted by Gasteiger charge is -2.22. The van der Waals surface area contributed by atoms with E-state index in [1.165, 1.54) is 24.1 Å². The molecule has 1 heterocycles. The number of halogens is 1. The van der Waals surface area contributed by atoms with Crippen LogP contribution in [0.5, 0.6) is 0 Å². The number of ether oxygens (including phenoxy) is 1. The van der Waals surface area contributed by atoms with Gasteiger partial charge in [-0.05, 0) is 36.4 Å². The van der Waals surface area contributed by atoms with Crippen molar-refractivity contribution in [3.63, 3.8) is 0 Å². The standard InChI is InChI=1S/C27H25FN4O3/c1-35-17-16-31(26(34)21-10-6-3-7-11-21)19-25(33)30-27-29-24(20-8-4-2-5-9-20)18-32(27)23-14-12-22(28)13-15-23/h2-15,18H,16-17,19H2,1H3,(H,29,30,33). The topological polar surface area (TPSA) is 76.5 Å². The van der Waals surface area contributed by atoms with Gasteiger partial charge in [0.2, 0.25) is 11.9 Å². The summed E-state index contributed by atoms with van der Waals surface area (Å²) in [5, 5.41) is 2.81. The first kappa shape index (κ1) is 23.8. The molecule has 1 N–H and O–H groups in total. The maximum absolute atomic E-state index is 13.5. The van der Waals surface area contributed by atoms with Crippen molar-refractivity contribution < 1.29 is 18.7 Å². The van der Waals surface area contributed by atoms with E-state index >= 15 is 0 Å². The molecule has 0 spiro atoms. The molecule has 7 nitrogen and oxygen atoms in total. The Bertz CT molecular complexity index is 1280. The summed E-state index contributed by atoms with van der Waals surface area (Å²) in [5.41, 5.74) is 2.62. The molecule has 35 heavy (non-hydrogen) atoms. The van der Waals surface area contributed by atoms with Gasteiger partial charge in [0.15, 0.2) is 0 Å². The highest BCUT2D eigenvalue weighted by Gasteiger charge is 2.20. The summed E-state index contributed by atoms with van der Waals surface area (Å²) in [4.78, 5) is 32.1. The highest BCUT2D eigenvalue weighted by molar-refractivity contribution is 5.99. The molecule has 0 aliphatic carbocycles. The van der Waals surface area contributed by atoms with E-state index in [0.717, 1.165) is 5.56 Å². The number of methoxy groups -OCH3 is 1. The molecule has 2 amide bonds. The Balaban J connectivity index is 1.59. The Morgan fingerprint density at radius 1 is 0.971 bits per heavy atom.